The number of nitro benzene ring substituents is 1. The lowest BCUT2D eigenvalue weighted by atomic mass is 9.92. The minimum Gasteiger partial charge on any atom is -0.462 e. The zero-order valence-electron chi connectivity index (χ0n) is 15.3. The molecule has 6 heteroatoms. The molecule has 0 aliphatic heterocycles. The van der Waals surface area contributed by atoms with Crippen LogP contribution >= 0.6 is 0 Å². The Bertz CT molecular complexity index is 1000. The summed E-state index contributed by atoms with van der Waals surface area (Å²) >= 11 is 0. The van der Waals surface area contributed by atoms with Crippen LogP contribution in [0.15, 0.2) is 48.5 Å². The van der Waals surface area contributed by atoms with Gasteiger partial charge in [-0.3, -0.25) is 15.1 Å². The van der Waals surface area contributed by atoms with Crippen molar-refractivity contribution < 1.29 is 14.5 Å². The van der Waals surface area contributed by atoms with Crippen molar-refractivity contribution in [2.24, 2.45) is 0 Å². The first-order valence-electron chi connectivity index (χ1n) is 8.90. The Morgan fingerprint density at radius 2 is 1.89 bits per heavy atom. The molecule has 27 heavy (non-hydrogen) atoms. The molecule has 0 saturated carbocycles. The molecular formula is C21H20N2O4. The Morgan fingerprint density at radius 3 is 2.52 bits per heavy atom. The zero-order chi connectivity index (χ0) is 19.4. The van der Waals surface area contributed by atoms with Gasteiger partial charge in [0.15, 0.2) is 0 Å². The Kier molecular flexibility index (Phi) is 5.45. The number of aromatic nitrogens is 1. The normalized spacial score (nSPS) is 10.7. The molecular weight excluding hydrogens is 344 g/mol. The molecule has 0 bridgehead atoms. The van der Waals surface area contributed by atoms with Gasteiger partial charge in [-0.2, -0.15) is 0 Å². The molecule has 0 N–H and O–H groups in total. The zero-order valence-corrected chi connectivity index (χ0v) is 15.3. The number of hydrogen-bond acceptors (Lipinski definition) is 5. The number of carbonyl (C=O) groups is 1. The number of ether oxygens (including phenoxy) is 1. The van der Waals surface area contributed by atoms with Gasteiger partial charge in [-0.05, 0) is 25.0 Å². The molecule has 0 amide bonds. The second-order valence-corrected chi connectivity index (χ2v) is 6.10. The van der Waals surface area contributed by atoms with Crippen molar-refractivity contribution >= 4 is 22.6 Å². The molecule has 0 saturated heterocycles. The number of nitrogens with zero attached hydrogens (tertiary/aromatic N) is 2. The number of fused-ring (bicyclic) bond motifs is 1. The van der Waals surface area contributed by atoms with Crippen LogP contribution in [0.5, 0.6) is 0 Å². The fraction of sp³-hybridized carbons (Fsp3) is 0.238. The van der Waals surface area contributed by atoms with E-state index in [9.17, 15) is 14.9 Å². The van der Waals surface area contributed by atoms with Gasteiger partial charge in [0.2, 0.25) is 0 Å². The molecule has 2 aromatic carbocycles. The number of rotatable bonds is 6. The van der Waals surface area contributed by atoms with Crippen LogP contribution in [-0.4, -0.2) is 22.5 Å². The topological polar surface area (TPSA) is 82.3 Å². The average molecular weight is 364 g/mol. The minimum absolute atomic E-state index is 0.0275. The summed E-state index contributed by atoms with van der Waals surface area (Å²) in [6, 6.07) is 14.0. The van der Waals surface area contributed by atoms with Gasteiger partial charge in [-0.15, -0.1) is 0 Å². The van der Waals surface area contributed by atoms with E-state index in [-0.39, 0.29) is 12.3 Å². The molecule has 1 heterocycles. The van der Waals surface area contributed by atoms with E-state index < -0.39 is 10.9 Å². The molecule has 0 radical (unpaired) electrons. The highest BCUT2D eigenvalue weighted by Crippen LogP contribution is 2.35. The summed E-state index contributed by atoms with van der Waals surface area (Å²) in [6.07, 6.45) is 1.36. The number of aryl methyl sites for hydroxylation is 1. The van der Waals surface area contributed by atoms with Gasteiger partial charge in [0.25, 0.3) is 5.69 Å². The van der Waals surface area contributed by atoms with Crippen LogP contribution in [0.2, 0.25) is 0 Å². The standard InChI is InChI=1S/C21H20N2O4/c1-3-8-17-20(21(24)27-4-2)19(14-9-6-5-7-10-14)16-12-11-15(23(25)26)13-18(16)22-17/h5-7,9-13H,3-4,8H2,1-2H3. The number of non-ortho nitro benzene ring substituents is 1. The van der Waals surface area contributed by atoms with Crippen molar-refractivity contribution in [1.82, 2.24) is 4.98 Å². The lowest BCUT2D eigenvalue weighted by molar-refractivity contribution is -0.384. The van der Waals surface area contributed by atoms with Gasteiger partial charge < -0.3 is 4.74 Å². The maximum Gasteiger partial charge on any atom is 0.340 e. The predicted molar refractivity (Wildman–Crippen MR) is 104 cm³/mol. The number of carbonyl (C=O) groups excluding carboxylic acids is 1. The second kappa shape index (κ2) is 7.95. The first-order chi connectivity index (χ1) is 13.1. The summed E-state index contributed by atoms with van der Waals surface area (Å²) in [5, 5.41) is 11.9. The summed E-state index contributed by atoms with van der Waals surface area (Å²) in [6.45, 7) is 4.02. The summed E-state index contributed by atoms with van der Waals surface area (Å²) < 4.78 is 5.30. The van der Waals surface area contributed by atoms with Crippen LogP contribution in [0.25, 0.3) is 22.0 Å². The van der Waals surface area contributed by atoms with Gasteiger partial charge in [-0.25, -0.2) is 4.79 Å². The molecule has 0 atom stereocenters. The molecule has 6 nitrogen and oxygen atoms in total. The van der Waals surface area contributed by atoms with E-state index in [4.69, 9.17) is 4.74 Å². The highest BCUT2D eigenvalue weighted by Gasteiger charge is 2.24. The van der Waals surface area contributed by atoms with Crippen LogP contribution in [-0.2, 0) is 11.2 Å². The van der Waals surface area contributed by atoms with E-state index in [1.807, 2.05) is 37.3 Å². The first kappa shape index (κ1) is 18.5. The van der Waals surface area contributed by atoms with Crippen molar-refractivity contribution in [2.75, 3.05) is 6.61 Å². The Labute approximate surface area is 157 Å². The van der Waals surface area contributed by atoms with Crippen molar-refractivity contribution in [3.63, 3.8) is 0 Å². The maximum absolute atomic E-state index is 12.8. The van der Waals surface area contributed by atoms with E-state index in [0.29, 0.717) is 34.1 Å². The van der Waals surface area contributed by atoms with E-state index in [1.54, 1.807) is 13.0 Å². The minimum atomic E-state index is -0.442. The highest BCUT2D eigenvalue weighted by molar-refractivity contribution is 6.08. The Balaban J connectivity index is 2.41. The van der Waals surface area contributed by atoms with Crippen molar-refractivity contribution in [1.29, 1.82) is 0 Å². The van der Waals surface area contributed by atoms with E-state index in [2.05, 4.69) is 4.98 Å². The quantitative estimate of drug-likeness (QED) is 0.351. The Hall–Kier alpha value is -3.28. The third kappa shape index (κ3) is 3.65. The summed E-state index contributed by atoms with van der Waals surface area (Å²) in [7, 11) is 0. The molecule has 3 rings (SSSR count). The SMILES string of the molecule is CCCc1nc2cc([N+](=O)[O-])ccc2c(-c2ccccc2)c1C(=O)OCC. The smallest absolute Gasteiger partial charge is 0.340 e. The first-order valence-corrected chi connectivity index (χ1v) is 8.90. The summed E-state index contributed by atoms with van der Waals surface area (Å²) in [5.41, 5.74) is 3.06. The van der Waals surface area contributed by atoms with E-state index >= 15 is 0 Å². The summed E-state index contributed by atoms with van der Waals surface area (Å²) in [4.78, 5) is 28.1. The van der Waals surface area contributed by atoms with Crippen LogP contribution in [0.1, 0.15) is 36.3 Å². The van der Waals surface area contributed by atoms with Gasteiger partial charge in [0.05, 0.1) is 28.3 Å². The molecule has 3 aromatic rings. The van der Waals surface area contributed by atoms with Gasteiger partial charge in [-0.1, -0.05) is 43.7 Å². The number of pyridine rings is 1. The van der Waals surface area contributed by atoms with Crippen molar-refractivity contribution in [3.8, 4) is 11.1 Å². The Morgan fingerprint density at radius 1 is 1.15 bits per heavy atom. The monoisotopic (exact) mass is 364 g/mol. The van der Waals surface area contributed by atoms with E-state index in [1.165, 1.54) is 12.1 Å². The number of benzene rings is 2. The predicted octanol–water partition coefficient (Wildman–Crippen LogP) is 4.94. The molecule has 0 fully saturated rings. The number of nitro groups is 1. The third-order valence-electron chi connectivity index (χ3n) is 4.28. The van der Waals surface area contributed by atoms with Crippen LogP contribution in [0.3, 0.4) is 0 Å². The molecule has 138 valence electrons. The lowest BCUT2D eigenvalue weighted by Crippen LogP contribution is -2.12. The molecule has 0 unspecified atom stereocenters. The van der Waals surface area contributed by atoms with Crippen LogP contribution in [0, 0.1) is 10.1 Å². The summed E-state index contributed by atoms with van der Waals surface area (Å²) in [5.74, 6) is -0.424. The highest BCUT2D eigenvalue weighted by atomic mass is 16.6. The van der Waals surface area contributed by atoms with Crippen molar-refractivity contribution in [3.05, 3.63) is 69.9 Å². The van der Waals surface area contributed by atoms with Gasteiger partial charge in [0, 0.05) is 23.1 Å². The second-order valence-electron chi connectivity index (χ2n) is 6.10. The van der Waals surface area contributed by atoms with Crippen LogP contribution in [0.4, 0.5) is 5.69 Å². The number of hydrogen-bond donors (Lipinski definition) is 0. The fourth-order valence-corrected chi connectivity index (χ4v) is 3.16. The van der Waals surface area contributed by atoms with Gasteiger partial charge >= 0.3 is 5.97 Å². The number of esters is 1. The molecule has 0 aliphatic rings. The largest absolute Gasteiger partial charge is 0.462 e. The molecule has 0 spiro atoms. The van der Waals surface area contributed by atoms with Gasteiger partial charge in [0.1, 0.15) is 0 Å². The molecule has 0 aliphatic carbocycles. The third-order valence-corrected chi connectivity index (χ3v) is 4.28. The maximum atomic E-state index is 12.8. The van der Waals surface area contributed by atoms with E-state index in [0.717, 1.165) is 12.0 Å². The lowest BCUT2D eigenvalue weighted by Gasteiger charge is -2.16. The van der Waals surface area contributed by atoms with Crippen molar-refractivity contribution in [2.45, 2.75) is 26.7 Å². The van der Waals surface area contributed by atoms with Crippen LogP contribution < -0.4 is 0 Å². The average Bonchev–Trinajstić information content (AvgIpc) is 2.67. The molecule has 1 aromatic heterocycles. The fourth-order valence-electron chi connectivity index (χ4n) is 3.16.